The van der Waals surface area contributed by atoms with E-state index in [-0.39, 0.29) is 17.2 Å². The van der Waals surface area contributed by atoms with E-state index in [1.54, 1.807) is 0 Å². The van der Waals surface area contributed by atoms with Gasteiger partial charge in [0.1, 0.15) is 0 Å². The predicted molar refractivity (Wildman–Crippen MR) is 126 cm³/mol. The molecule has 4 nitrogen and oxygen atoms in total. The lowest BCUT2D eigenvalue weighted by molar-refractivity contribution is 0.0719. The van der Waals surface area contributed by atoms with Gasteiger partial charge >= 0.3 is 0 Å². The van der Waals surface area contributed by atoms with Gasteiger partial charge in [-0.3, -0.25) is 9.59 Å². The number of hydrogen-bond donors (Lipinski definition) is 0. The molecule has 0 aromatic heterocycles. The highest BCUT2D eigenvalue weighted by Crippen LogP contribution is 2.23. The molecule has 3 aromatic rings. The third-order valence-electron chi connectivity index (χ3n) is 6.09. The fourth-order valence-electron chi connectivity index (χ4n) is 4.20. The van der Waals surface area contributed by atoms with Crippen LogP contribution in [0.5, 0.6) is 0 Å². The molecule has 0 saturated carbocycles. The molecule has 4 heteroatoms. The molecule has 4 rings (SSSR count). The van der Waals surface area contributed by atoms with Crippen LogP contribution in [0.2, 0.25) is 0 Å². The van der Waals surface area contributed by atoms with Crippen LogP contribution in [0.25, 0.3) is 10.8 Å². The average molecular weight is 415 g/mol. The molecule has 0 bridgehead atoms. The van der Waals surface area contributed by atoms with E-state index in [9.17, 15) is 9.59 Å². The summed E-state index contributed by atoms with van der Waals surface area (Å²) in [4.78, 5) is 30.1. The normalized spacial score (nSPS) is 15.1. The van der Waals surface area contributed by atoms with E-state index in [4.69, 9.17) is 0 Å². The largest absolute Gasteiger partial charge is 0.337 e. The van der Waals surface area contributed by atoms with Crippen molar-refractivity contribution in [1.82, 2.24) is 9.80 Å². The molecule has 0 aliphatic carbocycles. The van der Waals surface area contributed by atoms with Crippen LogP contribution in [0.4, 0.5) is 0 Å². The molecular weight excluding hydrogens is 384 g/mol. The van der Waals surface area contributed by atoms with Gasteiger partial charge in [0.2, 0.25) is 0 Å². The summed E-state index contributed by atoms with van der Waals surface area (Å²) in [6.07, 6.45) is 0.780. The fraction of sp³-hybridized carbons (Fsp3) is 0.333. The molecule has 1 heterocycles. The molecule has 1 fully saturated rings. The lowest BCUT2D eigenvalue weighted by atomic mass is 9.86. The molecule has 0 radical (unpaired) electrons. The maximum absolute atomic E-state index is 13.3. The SMILES string of the molecule is CC(C)(C)c1ccc(C(=O)N2CCCN(C(=O)c3cccc4ccccc34)CC2)cc1. The zero-order valence-electron chi connectivity index (χ0n) is 18.6. The Morgan fingerprint density at radius 1 is 0.710 bits per heavy atom. The van der Waals surface area contributed by atoms with E-state index in [0.717, 1.165) is 22.8 Å². The van der Waals surface area contributed by atoms with Crippen molar-refractivity contribution in [3.63, 3.8) is 0 Å². The summed E-state index contributed by atoms with van der Waals surface area (Å²) >= 11 is 0. The number of fused-ring (bicyclic) bond motifs is 1. The van der Waals surface area contributed by atoms with Crippen molar-refractivity contribution in [1.29, 1.82) is 0 Å². The molecule has 0 N–H and O–H groups in total. The molecule has 0 unspecified atom stereocenters. The first-order valence-corrected chi connectivity index (χ1v) is 11.0. The molecule has 1 saturated heterocycles. The first kappa shape index (κ1) is 21.1. The van der Waals surface area contributed by atoms with E-state index in [2.05, 4.69) is 20.8 Å². The quantitative estimate of drug-likeness (QED) is 0.584. The van der Waals surface area contributed by atoms with Crippen LogP contribution >= 0.6 is 0 Å². The van der Waals surface area contributed by atoms with Crippen molar-refractivity contribution in [2.24, 2.45) is 0 Å². The molecule has 160 valence electrons. The number of hydrogen-bond acceptors (Lipinski definition) is 2. The summed E-state index contributed by atoms with van der Waals surface area (Å²) in [6, 6.07) is 21.8. The lowest BCUT2D eigenvalue weighted by Gasteiger charge is -2.23. The number of amides is 2. The van der Waals surface area contributed by atoms with Crippen LogP contribution < -0.4 is 0 Å². The highest BCUT2D eigenvalue weighted by Gasteiger charge is 2.24. The molecule has 2 amide bonds. The van der Waals surface area contributed by atoms with Crippen molar-refractivity contribution >= 4 is 22.6 Å². The number of nitrogens with zero attached hydrogens (tertiary/aromatic N) is 2. The van der Waals surface area contributed by atoms with Crippen LogP contribution in [0, 0.1) is 0 Å². The second-order valence-corrected chi connectivity index (χ2v) is 9.29. The van der Waals surface area contributed by atoms with Gasteiger partial charge in [0.25, 0.3) is 11.8 Å². The number of carbonyl (C=O) groups is 2. The van der Waals surface area contributed by atoms with E-state index in [0.29, 0.717) is 31.7 Å². The molecule has 0 spiro atoms. The first-order valence-electron chi connectivity index (χ1n) is 11.0. The van der Waals surface area contributed by atoms with Gasteiger partial charge in [-0.1, -0.05) is 69.3 Å². The van der Waals surface area contributed by atoms with Crippen molar-refractivity contribution in [3.05, 3.63) is 83.4 Å². The summed E-state index contributed by atoms with van der Waals surface area (Å²) in [7, 11) is 0. The van der Waals surface area contributed by atoms with Gasteiger partial charge in [0.15, 0.2) is 0 Å². The third-order valence-corrected chi connectivity index (χ3v) is 6.09. The van der Waals surface area contributed by atoms with Crippen LogP contribution in [-0.4, -0.2) is 47.8 Å². The van der Waals surface area contributed by atoms with E-state index >= 15 is 0 Å². The summed E-state index contributed by atoms with van der Waals surface area (Å²) < 4.78 is 0. The van der Waals surface area contributed by atoms with Gasteiger partial charge in [0.05, 0.1) is 0 Å². The summed E-state index contributed by atoms with van der Waals surface area (Å²) in [5, 5.41) is 2.05. The monoisotopic (exact) mass is 414 g/mol. The molecule has 1 aliphatic heterocycles. The van der Waals surface area contributed by atoms with E-state index in [1.165, 1.54) is 5.56 Å². The average Bonchev–Trinajstić information content (AvgIpc) is 3.03. The van der Waals surface area contributed by atoms with Crippen LogP contribution in [0.1, 0.15) is 53.5 Å². The Morgan fingerprint density at radius 2 is 1.32 bits per heavy atom. The maximum Gasteiger partial charge on any atom is 0.254 e. The van der Waals surface area contributed by atoms with E-state index < -0.39 is 0 Å². The third kappa shape index (κ3) is 4.48. The van der Waals surface area contributed by atoms with E-state index in [1.807, 2.05) is 76.5 Å². The smallest absolute Gasteiger partial charge is 0.254 e. The van der Waals surface area contributed by atoms with Gasteiger partial charge in [-0.15, -0.1) is 0 Å². The predicted octanol–water partition coefficient (Wildman–Crippen LogP) is 5.13. The minimum Gasteiger partial charge on any atom is -0.337 e. The standard InChI is InChI=1S/C27H30N2O2/c1-27(2,3)22-14-12-21(13-15-22)25(30)28-16-7-17-29(19-18-28)26(31)24-11-6-9-20-8-4-5-10-23(20)24/h4-6,8-15H,7,16-19H2,1-3H3. The van der Waals surface area contributed by atoms with Gasteiger partial charge in [-0.25, -0.2) is 0 Å². The highest BCUT2D eigenvalue weighted by atomic mass is 16.2. The minimum absolute atomic E-state index is 0.0416. The number of benzene rings is 3. The van der Waals surface area contributed by atoms with Crippen molar-refractivity contribution < 1.29 is 9.59 Å². The van der Waals surface area contributed by atoms with Crippen LogP contribution in [0.3, 0.4) is 0 Å². The fourth-order valence-corrected chi connectivity index (χ4v) is 4.20. The Labute approximate surface area is 184 Å². The molecule has 3 aromatic carbocycles. The first-order chi connectivity index (χ1) is 14.8. The second kappa shape index (κ2) is 8.54. The molecular formula is C27H30N2O2. The number of carbonyl (C=O) groups excluding carboxylic acids is 2. The van der Waals surface area contributed by atoms with Gasteiger partial charge in [-0.05, 0) is 46.4 Å². The minimum atomic E-state index is 0.0416. The van der Waals surface area contributed by atoms with Crippen molar-refractivity contribution in [2.75, 3.05) is 26.2 Å². The Hall–Kier alpha value is -3.14. The summed E-state index contributed by atoms with van der Waals surface area (Å²) in [5.74, 6) is 0.0838. The topological polar surface area (TPSA) is 40.6 Å². The molecule has 1 aliphatic rings. The van der Waals surface area contributed by atoms with Crippen LogP contribution in [0.15, 0.2) is 66.7 Å². The lowest BCUT2D eigenvalue weighted by Crippen LogP contribution is -2.37. The second-order valence-electron chi connectivity index (χ2n) is 9.29. The zero-order valence-corrected chi connectivity index (χ0v) is 18.6. The van der Waals surface area contributed by atoms with Gasteiger partial charge < -0.3 is 9.80 Å². The van der Waals surface area contributed by atoms with Gasteiger partial charge in [0, 0.05) is 37.3 Å². The summed E-state index contributed by atoms with van der Waals surface area (Å²) in [6.45, 7) is 8.93. The Kier molecular flexibility index (Phi) is 5.81. The Morgan fingerprint density at radius 3 is 2.00 bits per heavy atom. The van der Waals surface area contributed by atoms with Crippen molar-refractivity contribution in [2.45, 2.75) is 32.6 Å². The zero-order chi connectivity index (χ0) is 22.0. The highest BCUT2D eigenvalue weighted by molar-refractivity contribution is 6.07. The molecule has 31 heavy (non-hydrogen) atoms. The Balaban J connectivity index is 1.47. The van der Waals surface area contributed by atoms with Gasteiger partial charge in [-0.2, -0.15) is 0 Å². The Bertz CT molecular complexity index is 1090. The van der Waals surface area contributed by atoms with Crippen molar-refractivity contribution in [3.8, 4) is 0 Å². The summed E-state index contributed by atoms with van der Waals surface area (Å²) in [5.41, 5.74) is 2.72. The maximum atomic E-state index is 13.3. The molecule has 0 atom stereocenters. The van der Waals surface area contributed by atoms with Crippen LogP contribution in [-0.2, 0) is 5.41 Å². The number of rotatable bonds is 2.